The molecule has 88 valence electrons. The van der Waals surface area contributed by atoms with Crippen molar-refractivity contribution in [2.75, 3.05) is 0 Å². The molecule has 0 amide bonds. The first-order valence-corrected chi connectivity index (χ1v) is 4.83. The number of rotatable bonds is 3. The summed E-state index contributed by atoms with van der Waals surface area (Å²) in [6.45, 7) is 0.110. The Bertz CT molecular complexity index is 517. The van der Waals surface area contributed by atoms with Crippen molar-refractivity contribution in [1.82, 2.24) is 9.97 Å². The molecule has 0 unspecified atom stereocenters. The van der Waals surface area contributed by atoms with Gasteiger partial charge in [-0.05, 0) is 6.07 Å². The summed E-state index contributed by atoms with van der Waals surface area (Å²) in [6.07, 6.45) is 1.93. The van der Waals surface area contributed by atoms with Crippen LogP contribution in [-0.4, -0.2) is 9.97 Å². The Morgan fingerprint density at radius 2 is 1.88 bits per heavy atom. The van der Waals surface area contributed by atoms with Crippen molar-refractivity contribution < 1.29 is 13.5 Å². The van der Waals surface area contributed by atoms with Crippen LogP contribution in [0.5, 0.6) is 11.8 Å². The standard InChI is InChI=1S/C11H9F2N3O/c12-8-5-15-11(16-6-8)17-9-2-1-7(4-14)10(13)3-9/h1-3,5-6H,4,14H2. The molecule has 0 aliphatic rings. The van der Waals surface area contributed by atoms with Crippen LogP contribution in [-0.2, 0) is 6.54 Å². The zero-order valence-corrected chi connectivity index (χ0v) is 8.73. The van der Waals surface area contributed by atoms with Crippen LogP contribution in [0, 0.1) is 11.6 Å². The molecule has 0 fully saturated rings. The van der Waals surface area contributed by atoms with Crippen molar-refractivity contribution in [1.29, 1.82) is 0 Å². The molecule has 2 N–H and O–H groups in total. The molecule has 0 bridgehead atoms. The van der Waals surface area contributed by atoms with E-state index >= 15 is 0 Å². The zero-order chi connectivity index (χ0) is 12.3. The molecule has 0 aliphatic heterocycles. The van der Waals surface area contributed by atoms with E-state index in [1.54, 1.807) is 0 Å². The Hall–Kier alpha value is -2.08. The topological polar surface area (TPSA) is 61.0 Å². The van der Waals surface area contributed by atoms with Gasteiger partial charge in [0.1, 0.15) is 11.6 Å². The molecule has 0 saturated carbocycles. The van der Waals surface area contributed by atoms with E-state index in [1.807, 2.05) is 0 Å². The summed E-state index contributed by atoms with van der Waals surface area (Å²) < 4.78 is 31.0. The predicted molar refractivity (Wildman–Crippen MR) is 56.4 cm³/mol. The van der Waals surface area contributed by atoms with E-state index in [1.165, 1.54) is 18.2 Å². The van der Waals surface area contributed by atoms with Gasteiger partial charge in [-0.2, -0.15) is 0 Å². The molecular formula is C11H9F2N3O. The molecule has 1 aromatic carbocycles. The summed E-state index contributed by atoms with van der Waals surface area (Å²) in [6, 6.07) is 4.17. The minimum absolute atomic E-state index is 0.0497. The van der Waals surface area contributed by atoms with Gasteiger partial charge >= 0.3 is 6.01 Å². The molecule has 1 heterocycles. The number of nitrogens with two attached hydrogens (primary N) is 1. The fourth-order valence-electron chi connectivity index (χ4n) is 1.22. The van der Waals surface area contributed by atoms with E-state index in [9.17, 15) is 8.78 Å². The van der Waals surface area contributed by atoms with Crippen molar-refractivity contribution >= 4 is 0 Å². The van der Waals surface area contributed by atoms with Gasteiger partial charge in [-0.25, -0.2) is 18.7 Å². The van der Waals surface area contributed by atoms with Gasteiger partial charge in [-0.1, -0.05) is 6.07 Å². The molecule has 0 aliphatic carbocycles. The largest absolute Gasteiger partial charge is 0.424 e. The Balaban J connectivity index is 2.19. The van der Waals surface area contributed by atoms with Crippen LogP contribution in [0.15, 0.2) is 30.6 Å². The van der Waals surface area contributed by atoms with Crippen LogP contribution in [0.2, 0.25) is 0 Å². The Morgan fingerprint density at radius 1 is 1.18 bits per heavy atom. The molecular weight excluding hydrogens is 228 g/mol. The molecule has 0 atom stereocenters. The SMILES string of the molecule is NCc1ccc(Oc2ncc(F)cn2)cc1F. The van der Waals surface area contributed by atoms with Crippen LogP contribution >= 0.6 is 0 Å². The third kappa shape index (κ3) is 2.73. The van der Waals surface area contributed by atoms with E-state index in [0.29, 0.717) is 5.56 Å². The fourth-order valence-corrected chi connectivity index (χ4v) is 1.22. The maximum atomic E-state index is 13.4. The molecule has 0 spiro atoms. The second kappa shape index (κ2) is 4.84. The normalized spacial score (nSPS) is 10.3. The van der Waals surface area contributed by atoms with Crippen LogP contribution in [0.4, 0.5) is 8.78 Å². The van der Waals surface area contributed by atoms with Crippen molar-refractivity contribution in [2.24, 2.45) is 5.73 Å². The average Bonchev–Trinajstić information content (AvgIpc) is 2.32. The van der Waals surface area contributed by atoms with Gasteiger partial charge in [0.25, 0.3) is 0 Å². The van der Waals surface area contributed by atoms with Crippen LogP contribution in [0.3, 0.4) is 0 Å². The predicted octanol–water partition coefficient (Wildman–Crippen LogP) is 2.01. The number of halogens is 2. The molecule has 6 heteroatoms. The van der Waals surface area contributed by atoms with Crippen molar-refractivity contribution in [3.05, 3.63) is 47.8 Å². The number of hydrogen-bond donors (Lipinski definition) is 1. The summed E-state index contributed by atoms with van der Waals surface area (Å²) in [4.78, 5) is 7.18. The number of ether oxygens (including phenoxy) is 1. The van der Waals surface area contributed by atoms with Crippen molar-refractivity contribution in [3.63, 3.8) is 0 Å². The summed E-state index contributed by atoms with van der Waals surface area (Å²) in [5, 5.41) is 0. The Kier molecular flexibility index (Phi) is 3.24. The van der Waals surface area contributed by atoms with Gasteiger partial charge in [0, 0.05) is 18.2 Å². The highest BCUT2D eigenvalue weighted by molar-refractivity contribution is 5.30. The maximum Gasteiger partial charge on any atom is 0.322 e. The minimum atomic E-state index is -0.568. The highest BCUT2D eigenvalue weighted by atomic mass is 19.1. The zero-order valence-electron chi connectivity index (χ0n) is 8.73. The van der Waals surface area contributed by atoms with Gasteiger partial charge in [0.15, 0.2) is 5.82 Å². The van der Waals surface area contributed by atoms with E-state index in [-0.39, 0.29) is 18.3 Å². The summed E-state index contributed by atoms with van der Waals surface area (Å²) in [7, 11) is 0. The summed E-state index contributed by atoms with van der Waals surface area (Å²) in [5.74, 6) is -0.805. The summed E-state index contributed by atoms with van der Waals surface area (Å²) in [5.41, 5.74) is 5.71. The van der Waals surface area contributed by atoms with Gasteiger partial charge in [-0.3, -0.25) is 0 Å². The van der Waals surface area contributed by atoms with Crippen LogP contribution in [0.1, 0.15) is 5.56 Å². The maximum absolute atomic E-state index is 13.4. The quantitative estimate of drug-likeness (QED) is 0.886. The number of hydrogen-bond acceptors (Lipinski definition) is 4. The van der Waals surface area contributed by atoms with E-state index < -0.39 is 11.6 Å². The highest BCUT2D eigenvalue weighted by Gasteiger charge is 2.05. The first-order valence-electron chi connectivity index (χ1n) is 4.83. The number of aromatic nitrogens is 2. The molecule has 0 saturated heterocycles. The van der Waals surface area contributed by atoms with Crippen LogP contribution in [0.25, 0.3) is 0 Å². The monoisotopic (exact) mass is 237 g/mol. The molecule has 2 rings (SSSR count). The van der Waals surface area contributed by atoms with Crippen molar-refractivity contribution in [2.45, 2.75) is 6.54 Å². The van der Waals surface area contributed by atoms with Crippen molar-refractivity contribution in [3.8, 4) is 11.8 Å². The average molecular weight is 237 g/mol. The minimum Gasteiger partial charge on any atom is -0.424 e. The molecule has 17 heavy (non-hydrogen) atoms. The van der Waals surface area contributed by atoms with Gasteiger partial charge in [0.2, 0.25) is 0 Å². The lowest BCUT2D eigenvalue weighted by Crippen LogP contribution is -2.00. The second-order valence-corrected chi connectivity index (χ2v) is 3.24. The van der Waals surface area contributed by atoms with E-state index in [2.05, 4.69) is 9.97 Å². The first kappa shape index (κ1) is 11.4. The highest BCUT2D eigenvalue weighted by Crippen LogP contribution is 2.20. The summed E-state index contributed by atoms with van der Waals surface area (Å²) >= 11 is 0. The molecule has 4 nitrogen and oxygen atoms in total. The fraction of sp³-hybridized carbons (Fsp3) is 0.0909. The second-order valence-electron chi connectivity index (χ2n) is 3.24. The molecule has 2 aromatic rings. The third-order valence-corrected chi connectivity index (χ3v) is 2.05. The number of benzene rings is 1. The smallest absolute Gasteiger partial charge is 0.322 e. The van der Waals surface area contributed by atoms with E-state index in [4.69, 9.17) is 10.5 Å². The van der Waals surface area contributed by atoms with Gasteiger partial charge in [0.05, 0.1) is 12.4 Å². The third-order valence-electron chi connectivity index (χ3n) is 2.05. The lowest BCUT2D eigenvalue weighted by atomic mass is 10.2. The van der Waals surface area contributed by atoms with Gasteiger partial charge in [-0.15, -0.1) is 0 Å². The van der Waals surface area contributed by atoms with Gasteiger partial charge < -0.3 is 10.5 Å². The first-order chi connectivity index (χ1) is 8.19. The van der Waals surface area contributed by atoms with Crippen LogP contribution < -0.4 is 10.5 Å². The Morgan fingerprint density at radius 3 is 2.47 bits per heavy atom. The molecule has 1 aromatic heterocycles. The van der Waals surface area contributed by atoms with E-state index in [0.717, 1.165) is 12.4 Å². The Labute approximate surface area is 96.1 Å². The lowest BCUT2D eigenvalue weighted by molar-refractivity contribution is 0.432. The lowest BCUT2D eigenvalue weighted by Gasteiger charge is -2.05. The number of nitrogens with zero attached hydrogens (tertiary/aromatic N) is 2. The molecule has 0 radical (unpaired) electrons.